The summed E-state index contributed by atoms with van der Waals surface area (Å²) in [7, 11) is 3.85. The van der Waals surface area contributed by atoms with Crippen molar-refractivity contribution in [2.75, 3.05) is 19.0 Å². The van der Waals surface area contributed by atoms with Crippen LogP contribution in [-0.4, -0.2) is 30.0 Å². The molecule has 0 spiro atoms. The molecule has 0 bridgehead atoms. The Kier molecular flexibility index (Phi) is 4.62. The Morgan fingerprint density at radius 1 is 1.30 bits per heavy atom. The Labute approximate surface area is 158 Å². The number of fused-ring (bicyclic) bond motifs is 2. The van der Waals surface area contributed by atoms with Gasteiger partial charge in [-0.05, 0) is 37.5 Å². The zero-order chi connectivity index (χ0) is 18.8. The van der Waals surface area contributed by atoms with Gasteiger partial charge >= 0.3 is 0 Å². The van der Waals surface area contributed by atoms with Gasteiger partial charge in [-0.15, -0.1) is 0 Å². The lowest BCUT2D eigenvalue weighted by atomic mass is 9.92. The van der Waals surface area contributed by atoms with Crippen LogP contribution >= 0.6 is 0 Å². The van der Waals surface area contributed by atoms with Crippen LogP contribution in [0.1, 0.15) is 35.7 Å². The number of nitrogens with zero attached hydrogens (tertiary/aromatic N) is 3. The molecule has 1 amide bonds. The molecule has 1 atom stereocenters. The fourth-order valence-corrected chi connectivity index (χ4v) is 3.39. The lowest BCUT2D eigenvalue weighted by Crippen LogP contribution is -2.32. The van der Waals surface area contributed by atoms with E-state index in [0.29, 0.717) is 11.5 Å². The monoisotopic (exact) mass is 362 g/mol. The van der Waals surface area contributed by atoms with E-state index >= 15 is 0 Å². The highest BCUT2D eigenvalue weighted by atomic mass is 16.5. The van der Waals surface area contributed by atoms with Gasteiger partial charge in [0.1, 0.15) is 5.75 Å². The number of hydrogen-bond acceptors (Lipinski definition) is 5. The maximum Gasteiger partial charge on any atom is 0.251 e. The number of aryl methyl sites for hydroxylation is 1. The summed E-state index contributed by atoms with van der Waals surface area (Å²) in [6.45, 7) is 0. The highest BCUT2D eigenvalue weighted by Crippen LogP contribution is 2.30. The number of amides is 1. The molecular weight excluding hydrogens is 340 g/mol. The third kappa shape index (κ3) is 3.56. The zero-order valence-corrected chi connectivity index (χ0v) is 15.5. The average Bonchev–Trinajstić information content (AvgIpc) is 2.90. The second kappa shape index (κ2) is 7.23. The van der Waals surface area contributed by atoms with Crippen molar-refractivity contribution < 1.29 is 9.53 Å². The first-order valence-corrected chi connectivity index (χ1v) is 9.10. The molecule has 2 heterocycles. The van der Waals surface area contributed by atoms with E-state index in [-0.39, 0.29) is 11.9 Å². The van der Waals surface area contributed by atoms with E-state index in [4.69, 9.17) is 4.74 Å². The van der Waals surface area contributed by atoms with Crippen molar-refractivity contribution in [2.24, 2.45) is 0 Å². The van der Waals surface area contributed by atoms with Gasteiger partial charge in [-0.3, -0.25) is 4.79 Å². The number of nitrogens with one attached hydrogen (secondary N) is 1. The lowest BCUT2D eigenvalue weighted by Gasteiger charge is -2.26. The number of rotatable bonds is 3. The van der Waals surface area contributed by atoms with E-state index in [2.05, 4.69) is 15.3 Å². The smallest absolute Gasteiger partial charge is 0.251 e. The zero-order valence-electron chi connectivity index (χ0n) is 15.5. The largest absolute Gasteiger partial charge is 0.464 e. The minimum absolute atomic E-state index is 0.0776. The first-order valence-electron chi connectivity index (χ1n) is 9.10. The van der Waals surface area contributed by atoms with Crippen molar-refractivity contribution in [2.45, 2.75) is 25.3 Å². The summed E-state index contributed by atoms with van der Waals surface area (Å²) in [6.07, 6.45) is 9.73. The number of hydrogen-bond donors (Lipinski definition) is 1. The van der Waals surface area contributed by atoms with Crippen molar-refractivity contribution in [3.63, 3.8) is 0 Å². The van der Waals surface area contributed by atoms with Crippen molar-refractivity contribution in [1.82, 2.24) is 15.3 Å². The van der Waals surface area contributed by atoms with Crippen molar-refractivity contribution in [3.8, 4) is 5.75 Å². The molecular formula is C21H22N4O2. The van der Waals surface area contributed by atoms with Gasteiger partial charge in [-0.25, -0.2) is 9.97 Å². The van der Waals surface area contributed by atoms with Gasteiger partial charge < -0.3 is 15.0 Å². The number of anilines is 1. The van der Waals surface area contributed by atoms with Crippen LogP contribution in [0.3, 0.4) is 0 Å². The number of aromatic nitrogens is 2. The SMILES string of the molecule is CN(C)c1ncc2c(n1)CCC[C@@H]2NC(=O)C1=Cc2ccccc2OC=C1. The van der Waals surface area contributed by atoms with Crippen LogP contribution in [0.4, 0.5) is 5.95 Å². The standard InChI is InChI=1S/C21H22N4O2/c1-25(2)21-22-13-16-17(7-5-8-18(16)24-21)23-20(26)15-10-11-27-19-9-4-3-6-14(19)12-15/h3-4,6,9-13,17H,5,7-8H2,1-2H3,(H,23,26)/t17-/m0/s1. The van der Waals surface area contributed by atoms with E-state index in [1.165, 1.54) is 0 Å². The molecule has 0 saturated carbocycles. The molecule has 0 saturated heterocycles. The minimum Gasteiger partial charge on any atom is -0.464 e. The van der Waals surface area contributed by atoms with Gasteiger partial charge in [0, 0.05) is 37.0 Å². The number of carbonyl (C=O) groups excluding carboxylic acids is 1. The van der Waals surface area contributed by atoms with E-state index < -0.39 is 0 Å². The molecule has 6 heteroatoms. The second-order valence-electron chi connectivity index (χ2n) is 6.94. The van der Waals surface area contributed by atoms with Crippen molar-refractivity contribution >= 4 is 17.9 Å². The Bertz CT molecular complexity index is 934. The van der Waals surface area contributed by atoms with Crippen LogP contribution in [-0.2, 0) is 11.2 Å². The summed E-state index contributed by atoms with van der Waals surface area (Å²) >= 11 is 0. The van der Waals surface area contributed by atoms with Gasteiger partial charge in [0.2, 0.25) is 5.95 Å². The van der Waals surface area contributed by atoms with Gasteiger partial charge in [0.05, 0.1) is 18.0 Å². The van der Waals surface area contributed by atoms with Gasteiger partial charge in [0.25, 0.3) is 5.91 Å². The van der Waals surface area contributed by atoms with Crippen molar-refractivity contribution in [1.29, 1.82) is 0 Å². The normalized spacial score (nSPS) is 17.7. The van der Waals surface area contributed by atoms with Gasteiger partial charge in [0.15, 0.2) is 0 Å². The van der Waals surface area contributed by atoms with Crippen LogP contribution in [0.2, 0.25) is 0 Å². The molecule has 0 radical (unpaired) electrons. The van der Waals surface area contributed by atoms with E-state index in [0.717, 1.165) is 41.8 Å². The van der Waals surface area contributed by atoms with E-state index in [1.54, 1.807) is 12.3 Å². The van der Waals surface area contributed by atoms with E-state index in [9.17, 15) is 4.79 Å². The van der Waals surface area contributed by atoms with Crippen LogP contribution in [0, 0.1) is 0 Å². The Balaban J connectivity index is 1.57. The third-order valence-corrected chi connectivity index (χ3v) is 4.81. The average molecular weight is 362 g/mol. The van der Waals surface area contributed by atoms with Crippen molar-refractivity contribution in [3.05, 3.63) is 65.2 Å². The van der Waals surface area contributed by atoms with Crippen LogP contribution in [0.5, 0.6) is 5.75 Å². The Morgan fingerprint density at radius 2 is 2.15 bits per heavy atom. The molecule has 2 aliphatic rings. The highest BCUT2D eigenvalue weighted by molar-refractivity contribution is 6.01. The maximum atomic E-state index is 12.9. The Hall–Kier alpha value is -3.15. The first kappa shape index (κ1) is 17.3. The molecule has 4 rings (SSSR count). The predicted octanol–water partition coefficient (Wildman–Crippen LogP) is 3.03. The number of benzene rings is 1. The van der Waals surface area contributed by atoms with Gasteiger partial charge in [-0.2, -0.15) is 0 Å². The first-order chi connectivity index (χ1) is 13.1. The lowest BCUT2D eigenvalue weighted by molar-refractivity contribution is -0.117. The molecule has 2 aromatic rings. The summed E-state index contributed by atoms with van der Waals surface area (Å²) in [6, 6.07) is 7.57. The molecule has 138 valence electrons. The summed E-state index contributed by atoms with van der Waals surface area (Å²) in [4.78, 5) is 23.8. The predicted molar refractivity (Wildman–Crippen MR) is 104 cm³/mol. The quantitative estimate of drug-likeness (QED) is 0.909. The molecule has 1 aromatic carbocycles. The maximum absolute atomic E-state index is 12.9. The fraction of sp³-hybridized carbons (Fsp3) is 0.286. The molecule has 0 unspecified atom stereocenters. The van der Waals surface area contributed by atoms with Crippen LogP contribution < -0.4 is 15.0 Å². The van der Waals surface area contributed by atoms with Crippen LogP contribution in [0.25, 0.3) is 6.08 Å². The second-order valence-corrected chi connectivity index (χ2v) is 6.94. The molecule has 1 aliphatic carbocycles. The molecule has 27 heavy (non-hydrogen) atoms. The van der Waals surface area contributed by atoms with Gasteiger partial charge in [-0.1, -0.05) is 18.2 Å². The number of carbonyl (C=O) groups is 1. The summed E-state index contributed by atoms with van der Waals surface area (Å²) < 4.78 is 5.57. The fourth-order valence-electron chi connectivity index (χ4n) is 3.39. The summed E-state index contributed by atoms with van der Waals surface area (Å²) in [5.41, 5.74) is 3.48. The van der Waals surface area contributed by atoms with Crippen LogP contribution in [0.15, 0.2) is 48.4 Å². The number of para-hydroxylation sites is 1. The summed E-state index contributed by atoms with van der Waals surface area (Å²) in [5.74, 6) is 1.31. The minimum atomic E-state index is -0.124. The topological polar surface area (TPSA) is 67.4 Å². The molecule has 1 aliphatic heterocycles. The molecule has 6 nitrogen and oxygen atoms in total. The van der Waals surface area contributed by atoms with E-state index in [1.807, 2.05) is 55.5 Å². The molecule has 1 aromatic heterocycles. The highest BCUT2D eigenvalue weighted by Gasteiger charge is 2.25. The molecule has 1 N–H and O–H groups in total. The molecule has 0 fully saturated rings. The summed E-state index contributed by atoms with van der Waals surface area (Å²) in [5, 5.41) is 3.14. The third-order valence-electron chi connectivity index (χ3n) is 4.81. The Morgan fingerprint density at radius 3 is 3.00 bits per heavy atom. The number of ether oxygens (including phenoxy) is 1.